The molecule has 1 amide bonds. The summed E-state index contributed by atoms with van der Waals surface area (Å²) in [4.78, 5) is 12.8. The lowest BCUT2D eigenvalue weighted by molar-refractivity contribution is -0.120. The van der Waals surface area contributed by atoms with Gasteiger partial charge in [0, 0.05) is 13.1 Å². The molecule has 1 aliphatic heterocycles. The van der Waals surface area contributed by atoms with Gasteiger partial charge in [0.05, 0.1) is 28.1 Å². The maximum absolute atomic E-state index is 13.0. The van der Waals surface area contributed by atoms with E-state index in [0.717, 1.165) is 0 Å². The normalized spacial score (nSPS) is 17.9. The van der Waals surface area contributed by atoms with Crippen molar-refractivity contribution in [1.29, 1.82) is 0 Å². The highest BCUT2D eigenvalue weighted by Gasteiger charge is 2.33. The van der Waals surface area contributed by atoms with Crippen molar-refractivity contribution in [3.05, 3.63) is 53.6 Å². The molecular weight excluding hydrogens is 400 g/mol. The topological polar surface area (TPSA) is 75.7 Å². The number of ether oxygens (including phenoxy) is 1. The highest BCUT2D eigenvalue weighted by atomic mass is 35.5. The zero-order chi connectivity index (χ0) is 20.1. The third-order valence-corrected chi connectivity index (χ3v) is 6.87. The standard InChI is InChI=1S/C20H23ClN2O4S/c1-2-27-16-9-11-17(12-10-16)28(25,26)23-13-5-6-15(14-23)20(24)22-19-8-4-3-7-18(19)21/h3-4,7-12,15H,2,5-6,13-14H2,1H3,(H,22,24)/t15-/m1/s1. The van der Waals surface area contributed by atoms with Gasteiger partial charge in [-0.1, -0.05) is 23.7 Å². The molecule has 0 saturated carbocycles. The molecule has 0 bridgehead atoms. The zero-order valence-corrected chi connectivity index (χ0v) is 17.2. The first-order valence-corrected chi connectivity index (χ1v) is 11.0. The summed E-state index contributed by atoms with van der Waals surface area (Å²) >= 11 is 6.09. The van der Waals surface area contributed by atoms with Gasteiger partial charge in [0.25, 0.3) is 0 Å². The van der Waals surface area contributed by atoms with Gasteiger partial charge in [0.2, 0.25) is 15.9 Å². The zero-order valence-electron chi connectivity index (χ0n) is 15.6. The number of piperidine rings is 1. The van der Waals surface area contributed by atoms with Crippen molar-refractivity contribution in [3.8, 4) is 5.75 Å². The molecule has 0 aromatic heterocycles. The number of nitrogens with zero attached hydrogens (tertiary/aromatic N) is 1. The van der Waals surface area contributed by atoms with Crippen LogP contribution in [0.25, 0.3) is 0 Å². The van der Waals surface area contributed by atoms with Crippen molar-refractivity contribution >= 4 is 33.2 Å². The largest absolute Gasteiger partial charge is 0.494 e. The van der Waals surface area contributed by atoms with E-state index in [2.05, 4.69) is 5.32 Å². The van der Waals surface area contributed by atoms with Crippen LogP contribution >= 0.6 is 11.6 Å². The van der Waals surface area contributed by atoms with E-state index in [0.29, 0.717) is 42.5 Å². The average Bonchev–Trinajstić information content (AvgIpc) is 2.70. The van der Waals surface area contributed by atoms with Crippen molar-refractivity contribution in [1.82, 2.24) is 4.31 Å². The summed E-state index contributed by atoms with van der Waals surface area (Å²) in [7, 11) is -3.67. The molecule has 1 fully saturated rings. The average molecular weight is 423 g/mol. The Hall–Kier alpha value is -2.09. The smallest absolute Gasteiger partial charge is 0.243 e. The molecule has 0 unspecified atom stereocenters. The lowest BCUT2D eigenvalue weighted by atomic mass is 9.99. The second kappa shape index (κ2) is 8.94. The van der Waals surface area contributed by atoms with Crippen molar-refractivity contribution in [2.24, 2.45) is 5.92 Å². The first-order chi connectivity index (χ1) is 13.4. The van der Waals surface area contributed by atoms with Crippen LogP contribution in [-0.2, 0) is 14.8 Å². The third-order valence-electron chi connectivity index (χ3n) is 4.66. The summed E-state index contributed by atoms with van der Waals surface area (Å²) in [5.74, 6) is -0.0284. The van der Waals surface area contributed by atoms with Crippen LogP contribution in [0.1, 0.15) is 19.8 Å². The summed E-state index contributed by atoms with van der Waals surface area (Å²) in [5.41, 5.74) is 0.528. The Morgan fingerprint density at radius 3 is 2.61 bits per heavy atom. The second-order valence-electron chi connectivity index (χ2n) is 6.58. The number of rotatable bonds is 6. The van der Waals surface area contributed by atoms with Crippen LogP contribution in [-0.4, -0.2) is 38.3 Å². The van der Waals surface area contributed by atoms with E-state index >= 15 is 0 Å². The number of halogens is 1. The molecule has 1 heterocycles. The molecule has 28 heavy (non-hydrogen) atoms. The number of hydrogen-bond acceptors (Lipinski definition) is 4. The third kappa shape index (κ3) is 4.66. The van der Waals surface area contributed by atoms with Gasteiger partial charge in [0.1, 0.15) is 5.75 Å². The van der Waals surface area contributed by atoms with Gasteiger partial charge in [-0.25, -0.2) is 8.42 Å². The molecule has 8 heteroatoms. The first kappa shape index (κ1) is 20.6. The van der Waals surface area contributed by atoms with Crippen molar-refractivity contribution in [3.63, 3.8) is 0 Å². The Morgan fingerprint density at radius 2 is 1.93 bits per heavy atom. The summed E-state index contributed by atoms with van der Waals surface area (Å²) in [6, 6.07) is 13.3. The van der Waals surface area contributed by atoms with Gasteiger partial charge in [0.15, 0.2) is 0 Å². The Kier molecular flexibility index (Phi) is 6.59. The number of hydrogen-bond donors (Lipinski definition) is 1. The summed E-state index contributed by atoms with van der Waals surface area (Å²) < 4.78 is 32.7. The number of sulfonamides is 1. The fourth-order valence-electron chi connectivity index (χ4n) is 3.20. The number of nitrogens with one attached hydrogen (secondary N) is 1. The highest BCUT2D eigenvalue weighted by Crippen LogP contribution is 2.27. The Morgan fingerprint density at radius 1 is 1.21 bits per heavy atom. The quantitative estimate of drug-likeness (QED) is 0.768. The van der Waals surface area contributed by atoms with Gasteiger partial charge in [-0.05, 0) is 56.2 Å². The lowest BCUT2D eigenvalue weighted by Gasteiger charge is -2.31. The molecule has 1 aliphatic rings. The predicted molar refractivity (Wildman–Crippen MR) is 109 cm³/mol. The summed E-state index contributed by atoms with van der Waals surface area (Å²) in [5, 5.41) is 3.25. The van der Waals surface area contributed by atoms with E-state index in [4.69, 9.17) is 16.3 Å². The second-order valence-corrected chi connectivity index (χ2v) is 8.92. The number of amides is 1. The molecular formula is C20H23ClN2O4S. The van der Waals surface area contributed by atoms with E-state index in [1.807, 2.05) is 6.92 Å². The Balaban J connectivity index is 1.71. The monoisotopic (exact) mass is 422 g/mol. The molecule has 0 aliphatic carbocycles. The molecule has 2 aromatic carbocycles. The minimum absolute atomic E-state index is 0.145. The van der Waals surface area contributed by atoms with Crippen molar-refractivity contribution in [2.45, 2.75) is 24.7 Å². The lowest BCUT2D eigenvalue weighted by Crippen LogP contribution is -2.43. The first-order valence-electron chi connectivity index (χ1n) is 9.20. The van der Waals surface area contributed by atoms with Crippen LogP contribution in [0.3, 0.4) is 0 Å². The van der Waals surface area contributed by atoms with E-state index in [1.165, 1.54) is 16.4 Å². The number of carbonyl (C=O) groups excluding carboxylic acids is 1. The van der Waals surface area contributed by atoms with Crippen LogP contribution in [0, 0.1) is 5.92 Å². The number of anilines is 1. The van der Waals surface area contributed by atoms with Crippen LogP contribution in [0.2, 0.25) is 5.02 Å². The maximum Gasteiger partial charge on any atom is 0.243 e. The van der Waals surface area contributed by atoms with Gasteiger partial charge in [-0.15, -0.1) is 0 Å². The van der Waals surface area contributed by atoms with Crippen LogP contribution in [0.15, 0.2) is 53.4 Å². The molecule has 0 radical (unpaired) electrons. The van der Waals surface area contributed by atoms with Gasteiger partial charge in [-0.2, -0.15) is 4.31 Å². The molecule has 150 valence electrons. The molecule has 1 saturated heterocycles. The van der Waals surface area contributed by atoms with E-state index in [9.17, 15) is 13.2 Å². The Labute approximate surface area is 170 Å². The van der Waals surface area contributed by atoms with Crippen LogP contribution in [0.5, 0.6) is 5.75 Å². The number of carbonyl (C=O) groups is 1. The van der Waals surface area contributed by atoms with Crippen molar-refractivity contribution in [2.75, 3.05) is 25.0 Å². The molecule has 0 spiro atoms. The van der Waals surface area contributed by atoms with Crippen molar-refractivity contribution < 1.29 is 17.9 Å². The van der Waals surface area contributed by atoms with E-state index < -0.39 is 15.9 Å². The fourth-order valence-corrected chi connectivity index (χ4v) is 4.90. The van der Waals surface area contributed by atoms with Crippen LogP contribution < -0.4 is 10.1 Å². The summed E-state index contributed by atoms with van der Waals surface area (Å²) in [6.07, 6.45) is 1.25. The van der Waals surface area contributed by atoms with E-state index in [-0.39, 0.29) is 17.3 Å². The molecule has 6 nitrogen and oxygen atoms in total. The summed E-state index contributed by atoms with van der Waals surface area (Å²) in [6.45, 7) is 2.92. The Bertz CT molecular complexity index is 931. The SMILES string of the molecule is CCOc1ccc(S(=O)(=O)N2CCC[C@@H](C(=O)Nc3ccccc3Cl)C2)cc1. The molecule has 1 atom stereocenters. The van der Waals surface area contributed by atoms with Gasteiger partial charge in [-0.3, -0.25) is 4.79 Å². The molecule has 2 aromatic rings. The minimum Gasteiger partial charge on any atom is -0.494 e. The number of benzene rings is 2. The van der Waals surface area contributed by atoms with Gasteiger partial charge >= 0.3 is 0 Å². The molecule has 3 rings (SSSR count). The minimum atomic E-state index is -3.67. The highest BCUT2D eigenvalue weighted by molar-refractivity contribution is 7.89. The van der Waals surface area contributed by atoms with Gasteiger partial charge < -0.3 is 10.1 Å². The molecule has 1 N–H and O–H groups in total. The van der Waals surface area contributed by atoms with Crippen LogP contribution in [0.4, 0.5) is 5.69 Å². The fraction of sp³-hybridized carbons (Fsp3) is 0.350. The van der Waals surface area contributed by atoms with E-state index in [1.54, 1.807) is 36.4 Å². The predicted octanol–water partition coefficient (Wildman–Crippen LogP) is 3.78. The maximum atomic E-state index is 13.0. The number of para-hydroxylation sites is 1.